The fourth-order valence-electron chi connectivity index (χ4n) is 3.01. The maximum atomic E-state index is 12.5. The molecule has 1 heterocycles. The van der Waals surface area contributed by atoms with Gasteiger partial charge in [0.05, 0.1) is 30.7 Å². The normalized spacial score (nSPS) is 11.1. The average Bonchev–Trinajstić information content (AvgIpc) is 3.27. The minimum Gasteiger partial charge on any atom is -0.493 e. The summed E-state index contributed by atoms with van der Waals surface area (Å²) in [6.45, 7) is 4.22. The molecule has 0 saturated heterocycles. The van der Waals surface area contributed by atoms with Gasteiger partial charge >= 0.3 is 5.97 Å². The fourth-order valence-corrected chi connectivity index (χ4v) is 4.94. The number of aromatic nitrogens is 1. The summed E-state index contributed by atoms with van der Waals surface area (Å²) in [5.74, 6) is 0.720. The first-order chi connectivity index (χ1) is 15.8. The van der Waals surface area contributed by atoms with Gasteiger partial charge in [0.1, 0.15) is 11.6 Å². The number of esters is 1. The second kappa shape index (κ2) is 11.2. The number of ether oxygens (including phenoxy) is 3. The van der Waals surface area contributed by atoms with E-state index in [-0.39, 0.29) is 17.9 Å². The number of carbonyl (C=O) groups is 1. The zero-order chi connectivity index (χ0) is 23.8. The summed E-state index contributed by atoms with van der Waals surface area (Å²) in [5, 5.41) is 2.58. The lowest BCUT2D eigenvalue weighted by molar-refractivity contribution is 0.0468. The Labute approximate surface area is 197 Å². The number of sulfonamides is 1. The monoisotopic (exact) mass is 490 g/mol. The van der Waals surface area contributed by atoms with Gasteiger partial charge in [0.2, 0.25) is 10.0 Å². The summed E-state index contributed by atoms with van der Waals surface area (Å²) in [7, 11) is -1.86. The molecule has 0 atom stereocenters. The molecule has 1 N–H and O–H groups in total. The number of hydrogen-bond acceptors (Lipinski definition) is 8. The Morgan fingerprint density at radius 3 is 2.67 bits per heavy atom. The van der Waals surface area contributed by atoms with Crippen LogP contribution in [0.3, 0.4) is 0 Å². The minimum absolute atomic E-state index is 0.00468. The molecule has 0 bridgehead atoms. The standard InChI is InChI=1S/C23H26N2O6S2/c1-4-11-33(27,28)25-18-8-6-7-17(12-18)23(26)31-14-19-15-32-22(24-19)16-9-10-20(30-5-2)21(13-16)29-3/h6-10,12-13,15,25H,4-5,11,14H2,1-3H3. The molecule has 1 aromatic heterocycles. The SMILES string of the molecule is CCCS(=O)(=O)Nc1cccc(C(=O)OCc2csc(-c3ccc(OCC)c(OC)c3)n2)c1. The number of nitrogens with one attached hydrogen (secondary N) is 1. The van der Waals surface area contributed by atoms with Crippen molar-refractivity contribution < 1.29 is 27.4 Å². The molecule has 0 aliphatic carbocycles. The Morgan fingerprint density at radius 1 is 1.12 bits per heavy atom. The summed E-state index contributed by atoms with van der Waals surface area (Å²) in [5.41, 5.74) is 2.04. The summed E-state index contributed by atoms with van der Waals surface area (Å²) >= 11 is 1.43. The first-order valence-electron chi connectivity index (χ1n) is 10.4. The minimum atomic E-state index is -3.44. The van der Waals surface area contributed by atoms with Crippen LogP contribution >= 0.6 is 11.3 Å². The lowest BCUT2D eigenvalue weighted by Crippen LogP contribution is -2.16. The average molecular weight is 491 g/mol. The van der Waals surface area contributed by atoms with Gasteiger partial charge in [-0.25, -0.2) is 18.2 Å². The molecular weight excluding hydrogens is 464 g/mol. The quantitative estimate of drug-likeness (QED) is 0.388. The van der Waals surface area contributed by atoms with E-state index in [0.717, 1.165) is 10.6 Å². The number of anilines is 1. The highest BCUT2D eigenvalue weighted by Gasteiger charge is 2.14. The van der Waals surface area contributed by atoms with Gasteiger partial charge in [0.25, 0.3) is 0 Å². The van der Waals surface area contributed by atoms with E-state index in [4.69, 9.17) is 14.2 Å². The summed E-state index contributed by atoms with van der Waals surface area (Å²) in [6.07, 6.45) is 0.496. The van der Waals surface area contributed by atoms with E-state index in [9.17, 15) is 13.2 Å². The second-order valence-corrected chi connectivity index (χ2v) is 9.72. The molecule has 8 nitrogen and oxygen atoms in total. The molecule has 33 heavy (non-hydrogen) atoms. The molecule has 2 aromatic carbocycles. The van der Waals surface area contributed by atoms with Gasteiger partial charge in [-0.3, -0.25) is 4.72 Å². The van der Waals surface area contributed by atoms with Crippen molar-refractivity contribution in [3.05, 3.63) is 59.1 Å². The van der Waals surface area contributed by atoms with E-state index >= 15 is 0 Å². The van der Waals surface area contributed by atoms with Gasteiger partial charge in [0, 0.05) is 16.6 Å². The van der Waals surface area contributed by atoms with Crippen LogP contribution in [0.2, 0.25) is 0 Å². The van der Waals surface area contributed by atoms with Crippen LogP contribution in [0.25, 0.3) is 10.6 Å². The first kappa shape index (κ1) is 24.5. The molecule has 3 rings (SSSR count). The lowest BCUT2D eigenvalue weighted by atomic mass is 10.2. The predicted molar refractivity (Wildman–Crippen MR) is 129 cm³/mol. The molecule has 3 aromatic rings. The molecule has 0 radical (unpaired) electrons. The number of hydrogen-bond donors (Lipinski definition) is 1. The molecule has 0 aliphatic rings. The number of methoxy groups -OCH3 is 1. The predicted octanol–water partition coefficient (Wildman–Crippen LogP) is 4.73. The molecule has 0 aliphatic heterocycles. The van der Waals surface area contributed by atoms with Crippen LogP contribution in [-0.2, 0) is 21.4 Å². The Morgan fingerprint density at radius 2 is 1.94 bits per heavy atom. The van der Waals surface area contributed by atoms with Crippen molar-refractivity contribution in [2.45, 2.75) is 26.9 Å². The molecule has 0 amide bonds. The molecular formula is C23H26N2O6S2. The highest BCUT2D eigenvalue weighted by Crippen LogP contribution is 2.34. The second-order valence-electron chi connectivity index (χ2n) is 7.02. The van der Waals surface area contributed by atoms with E-state index in [1.165, 1.54) is 17.4 Å². The van der Waals surface area contributed by atoms with Gasteiger partial charge in [-0.15, -0.1) is 11.3 Å². The van der Waals surface area contributed by atoms with E-state index in [1.54, 1.807) is 32.2 Å². The van der Waals surface area contributed by atoms with Crippen LogP contribution in [0.5, 0.6) is 11.5 Å². The summed E-state index contributed by atoms with van der Waals surface area (Å²) in [6, 6.07) is 11.8. The van der Waals surface area contributed by atoms with Crippen molar-refractivity contribution in [2.75, 3.05) is 24.2 Å². The Balaban J connectivity index is 1.65. The fraction of sp³-hybridized carbons (Fsp3) is 0.304. The van der Waals surface area contributed by atoms with Gasteiger partial charge < -0.3 is 14.2 Å². The highest BCUT2D eigenvalue weighted by molar-refractivity contribution is 7.92. The number of benzene rings is 2. The Kier molecular flexibility index (Phi) is 8.29. The highest BCUT2D eigenvalue weighted by atomic mass is 32.2. The Bertz CT molecular complexity index is 1210. The first-order valence-corrected chi connectivity index (χ1v) is 12.9. The lowest BCUT2D eigenvalue weighted by Gasteiger charge is -2.10. The zero-order valence-electron chi connectivity index (χ0n) is 18.7. The molecule has 176 valence electrons. The van der Waals surface area contributed by atoms with Crippen LogP contribution in [0.15, 0.2) is 47.8 Å². The topological polar surface area (TPSA) is 104 Å². The smallest absolute Gasteiger partial charge is 0.338 e. The van der Waals surface area contributed by atoms with Crippen molar-refractivity contribution in [2.24, 2.45) is 0 Å². The molecule has 10 heteroatoms. The molecule has 0 unspecified atom stereocenters. The van der Waals surface area contributed by atoms with E-state index < -0.39 is 16.0 Å². The van der Waals surface area contributed by atoms with E-state index in [1.807, 2.05) is 30.5 Å². The van der Waals surface area contributed by atoms with Crippen molar-refractivity contribution >= 4 is 33.0 Å². The maximum Gasteiger partial charge on any atom is 0.338 e. The molecule has 0 spiro atoms. The number of rotatable bonds is 11. The largest absolute Gasteiger partial charge is 0.493 e. The van der Waals surface area contributed by atoms with Crippen molar-refractivity contribution in [1.29, 1.82) is 0 Å². The number of nitrogens with zero attached hydrogens (tertiary/aromatic N) is 1. The van der Waals surface area contributed by atoms with Crippen molar-refractivity contribution in [3.8, 4) is 22.1 Å². The zero-order valence-corrected chi connectivity index (χ0v) is 20.3. The number of thiazole rings is 1. The van der Waals surface area contributed by atoms with E-state index in [2.05, 4.69) is 9.71 Å². The van der Waals surface area contributed by atoms with Gasteiger partial charge in [0.15, 0.2) is 11.5 Å². The van der Waals surface area contributed by atoms with E-state index in [0.29, 0.717) is 35.9 Å². The molecule has 0 fully saturated rings. The third-order valence-electron chi connectivity index (χ3n) is 4.46. The van der Waals surface area contributed by atoms with Crippen LogP contribution in [0.4, 0.5) is 5.69 Å². The van der Waals surface area contributed by atoms with Crippen LogP contribution in [0, 0.1) is 0 Å². The summed E-state index contributed by atoms with van der Waals surface area (Å²) in [4.78, 5) is 17.0. The van der Waals surface area contributed by atoms with Gasteiger partial charge in [-0.2, -0.15) is 0 Å². The van der Waals surface area contributed by atoms with Crippen LogP contribution in [-0.4, -0.2) is 38.8 Å². The van der Waals surface area contributed by atoms with Crippen LogP contribution < -0.4 is 14.2 Å². The van der Waals surface area contributed by atoms with Gasteiger partial charge in [-0.1, -0.05) is 13.0 Å². The van der Waals surface area contributed by atoms with Crippen LogP contribution in [0.1, 0.15) is 36.3 Å². The summed E-state index contributed by atoms with van der Waals surface area (Å²) < 4.78 is 42.7. The number of carbonyl (C=O) groups excluding carboxylic acids is 1. The molecule has 0 saturated carbocycles. The maximum absolute atomic E-state index is 12.5. The third kappa shape index (κ3) is 6.69. The Hall–Kier alpha value is -3.11. The van der Waals surface area contributed by atoms with Gasteiger partial charge in [-0.05, 0) is 49.7 Å². The third-order valence-corrected chi connectivity index (χ3v) is 6.89. The van der Waals surface area contributed by atoms with Crippen molar-refractivity contribution in [1.82, 2.24) is 4.98 Å². The van der Waals surface area contributed by atoms with Crippen molar-refractivity contribution in [3.63, 3.8) is 0 Å².